The summed E-state index contributed by atoms with van der Waals surface area (Å²) in [4.78, 5) is 21.7. The first kappa shape index (κ1) is 26.9. The zero-order valence-corrected chi connectivity index (χ0v) is 22.9. The van der Waals surface area contributed by atoms with Crippen molar-refractivity contribution in [1.29, 1.82) is 0 Å². The van der Waals surface area contributed by atoms with Gasteiger partial charge in [0.1, 0.15) is 22.9 Å². The number of halogens is 2. The van der Waals surface area contributed by atoms with Crippen LogP contribution in [0.25, 0.3) is 22.3 Å². The van der Waals surface area contributed by atoms with Crippen LogP contribution in [0.2, 0.25) is 0 Å². The van der Waals surface area contributed by atoms with Gasteiger partial charge in [-0.25, -0.2) is 28.7 Å². The molecule has 0 saturated carbocycles. The fourth-order valence-electron chi connectivity index (χ4n) is 5.16. The smallest absolute Gasteiger partial charge is 0.229 e. The number of β-amino-alcohol motifs (C(OH)–C–C–N with tert-alkyl or cyclic N) is 1. The van der Waals surface area contributed by atoms with Gasteiger partial charge in [-0.15, -0.1) is 0 Å². The van der Waals surface area contributed by atoms with E-state index in [0.29, 0.717) is 29.3 Å². The number of pyridine rings is 1. The fraction of sp³-hybridized carbons (Fsp3) is 0.429. The van der Waals surface area contributed by atoms with Gasteiger partial charge in [-0.3, -0.25) is 4.90 Å². The molecule has 5 rings (SSSR count). The first-order valence-corrected chi connectivity index (χ1v) is 13.1. The largest absolute Gasteiger partial charge is 0.389 e. The Kier molecular flexibility index (Phi) is 7.21. The van der Waals surface area contributed by atoms with Crippen molar-refractivity contribution in [1.82, 2.24) is 29.4 Å². The molecule has 11 heteroatoms. The summed E-state index contributed by atoms with van der Waals surface area (Å²) in [5.41, 5.74) is 1.41. The third-order valence-corrected chi connectivity index (χ3v) is 6.79. The molecule has 206 valence electrons. The minimum absolute atomic E-state index is 0.0111. The summed E-state index contributed by atoms with van der Waals surface area (Å²) in [6.45, 7) is 13.5. The Morgan fingerprint density at radius 2 is 1.74 bits per heavy atom. The van der Waals surface area contributed by atoms with Crippen LogP contribution < -0.4 is 10.2 Å². The highest BCUT2D eigenvalue weighted by atomic mass is 19.1. The van der Waals surface area contributed by atoms with E-state index in [-0.39, 0.29) is 23.2 Å². The topological polar surface area (TPSA) is 95.2 Å². The standard InChI is InChI=1S/C28H34F2N8O/c1-17(2)38-18(3)33-26-21(29)12-19(13-23(26)38)25-22(30)15-32-27(35-25)34-24-7-6-20(14-31-24)37-10-8-36(9-11-37)16-28(4,5)39/h6-7,12-15,17,39H,8-11,16H2,1-5H3,(H,31,32,34,35). The Balaban J connectivity index is 1.33. The van der Waals surface area contributed by atoms with Crippen LogP contribution in [0.15, 0.2) is 36.7 Å². The van der Waals surface area contributed by atoms with Gasteiger partial charge < -0.3 is 19.9 Å². The fourth-order valence-corrected chi connectivity index (χ4v) is 5.16. The Morgan fingerprint density at radius 1 is 1.00 bits per heavy atom. The summed E-state index contributed by atoms with van der Waals surface area (Å²) in [7, 11) is 0. The highest BCUT2D eigenvalue weighted by Gasteiger charge is 2.23. The third kappa shape index (κ3) is 5.84. The van der Waals surface area contributed by atoms with E-state index in [1.807, 2.05) is 51.3 Å². The van der Waals surface area contributed by atoms with Crippen molar-refractivity contribution in [2.75, 3.05) is 42.9 Å². The maximum absolute atomic E-state index is 15.0. The molecule has 1 aliphatic rings. The van der Waals surface area contributed by atoms with E-state index in [1.165, 1.54) is 6.07 Å². The number of benzene rings is 1. The summed E-state index contributed by atoms with van der Waals surface area (Å²) in [6.07, 6.45) is 2.84. The zero-order chi connectivity index (χ0) is 27.9. The lowest BCUT2D eigenvalue weighted by molar-refractivity contribution is 0.0345. The molecule has 1 saturated heterocycles. The van der Waals surface area contributed by atoms with Crippen LogP contribution in [0.3, 0.4) is 0 Å². The monoisotopic (exact) mass is 536 g/mol. The molecule has 3 aromatic heterocycles. The van der Waals surface area contributed by atoms with E-state index in [0.717, 1.165) is 38.1 Å². The second-order valence-corrected chi connectivity index (χ2v) is 10.9. The second-order valence-electron chi connectivity index (χ2n) is 10.9. The Morgan fingerprint density at radius 3 is 2.38 bits per heavy atom. The van der Waals surface area contributed by atoms with Crippen LogP contribution in [-0.4, -0.2) is 72.8 Å². The molecule has 0 radical (unpaired) electrons. The van der Waals surface area contributed by atoms with Crippen LogP contribution in [0.5, 0.6) is 0 Å². The minimum Gasteiger partial charge on any atom is -0.389 e. The van der Waals surface area contributed by atoms with E-state index in [1.54, 1.807) is 12.3 Å². The van der Waals surface area contributed by atoms with Crippen molar-refractivity contribution in [3.8, 4) is 11.3 Å². The predicted molar refractivity (Wildman–Crippen MR) is 148 cm³/mol. The molecule has 0 atom stereocenters. The van der Waals surface area contributed by atoms with Crippen molar-refractivity contribution < 1.29 is 13.9 Å². The molecule has 0 aliphatic carbocycles. The van der Waals surface area contributed by atoms with Crippen molar-refractivity contribution in [3.05, 3.63) is 54.1 Å². The number of aromatic nitrogens is 5. The molecule has 4 heterocycles. The van der Waals surface area contributed by atoms with Gasteiger partial charge in [-0.05, 0) is 58.9 Å². The second kappa shape index (κ2) is 10.5. The first-order valence-electron chi connectivity index (χ1n) is 13.1. The Hall–Kier alpha value is -3.70. The normalized spacial score (nSPS) is 14.9. The molecular formula is C28H34F2N8O. The number of nitrogens with one attached hydrogen (secondary N) is 1. The molecule has 9 nitrogen and oxygen atoms in total. The molecule has 4 aromatic rings. The van der Waals surface area contributed by atoms with Gasteiger partial charge in [0.2, 0.25) is 5.95 Å². The number of nitrogens with zero attached hydrogens (tertiary/aromatic N) is 7. The van der Waals surface area contributed by atoms with Crippen LogP contribution in [-0.2, 0) is 0 Å². The quantitative estimate of drug-likeness (QED) is 0.351. The van der Waals surface area contributed by atoms with Gasteiger partial charge in [0, 0.05) is 44.3 Å². The molecule has 1 aromatic carbocycles. The van der Waals surface area contributed by atoms with E-state index < -0.39 is 17.2 Å². The summed E-state index contributed by atoms with van der Waals surface area (Å²) < 4.78 is 31.7. The molecule has 0 amide bonds. The summed E-state index contributed by atoms with van der Waals surface area (Å²) in [6, 6.07) is 6.80. The Bertz CT molecular complexity index is 1470. The average molecular weight is 537 g/mol. The van der Waals surface area contributed by atoms with E-state index in [2.05, 4.69) is 35.1 Å². The van der Waals surface area contributed by atoms with Gasteiger partial charge in [-0.2, -0.15) is 0 Å². The number of piperazine rings is 1. The summed E-state index contributed by atoms with van der Waals surface area (Å²) in [5, 5.41) is 13.1. The van der Waals surface area contributed by atoms with Gasteiger partial charge in [0.05, 0.1) is 29.2 Å². The zero-order valence-electron chi connectivity index (χ0n) is 22.9. The van der Waals surface area contributed by atoms with Crippen molar-refractivity contribution in [2.24, 2.45) is 0 Å². The lowest BCUT2D eigenvalue weighted by atomic mass is 10.1. The maximum Gasteiger partial charge on any atom is 0.229 e. The molecule has 0 unspecified atom stereocenters. The van der Waals surface area contributed by atoms with E-state index in [4.69, 9.17) is 0 Å². The SMILES string of the molecule is Cc1nc2c(F)cc(-c3nc(Nc4ccc(N5CCN(CC(C)(C)O)CC5)cn4)ncc3F)cc2n1C(C)C. The lowest BCUT2D eigenvalue weighted by Crippen LogP contribution is -2.50. The summed E-state index contributed by atoms with van der Waals surface area (Å²) in [5.74, 6) is 0.162. The van der Waals surface area contributed by atoms with E-state index >= 15 is 0 Å². The number of imidazole rings is 1. The van der Waals surface area contributed by atoms with Crippen LogP contribution in [0.4, 0.5) is 26.2 Å². The molecule has 1 aliphatic heterocycles. The van der Waals surface area contributed by atoms with Gasteiger partial charge in [0.25, 0.3) is 0 Å². The van der Waals surface area contributed by atoms with E-state index in [9.17, 15) is 13.9 Å². The van der Waals surface area contributed by atoms with Crippen molar-refractivity contribution in [2.45, 2.75) is 46.3 Å². The van der Waals surface area contributed by atoms with Crippen LogP contribution >= 0.6 is 0 Å². The highest BCUT2D eigenvalue weighted by molar-refractivity contribution is 5.83. The lowest BCUT2D eigenvalue weighted by Gasteiger charge is -2.38. The number of hydrogen-bond donors (Lipinski definition) is 2. The number of hydrogen-bond acceptors (Lipinski definition) is 8. The molecule has 0 spiro atoms. The van der Waals surface area contributed by atoms with Crippen molar-refractivity contribution in [3.63, 3.8) is 0 Å². The van der Waals surface area contributed by atoms with Crippen LogP contribution in [0.1, 0.15) is 39.6 Å². The third-order valence-electron chi connectivity index (χ3n) is 6.79. The molecule has 2 N–H and O–H groups in total. The number of fused-ring (bicyclic) bond motifs is 1. The number of rotatable bonds is 7. The molecule has 0 bridgehead atoms. The van der Waals surface area contributed by atoms with Crippen LogP contribution in [0, 0.1) is 18.6 Å². The van der Waals surface area contributed by atoms with Gasteiger partial charge >= 0.3 is 0 Å². The number of aliphatic hydroxyl groups is 1. The van der Waals surface area contributed by atoms with Crippen molar-refractivity contribution >= 4 is 28.5 Å². The maximum atomic E-state index is 15.0. The Labute approximate surface area is 226 Å². The van der Waals surface area contributed by atoms with Gasteiger partial charge in [0.15, 0.2) is 11.6 Å². The average Bonchev–Trinajstić information content (AvgIpc) is 3.22. The predicted octanol–water partition coefficient (Wildman–Crippen LogP) is 4.69. The molecule has 1 fully saturated rings. The molecular weight excluding hydrogens is 502 g/mol. The number of aryl methyl sites for hydroxylation is 1. The first-order chi connectivity index (χ1) is 18.5. The minimum atomic E-state index is -0.712. The van der Waals surface area contributed by atoms with Gasteiger partial charge in [-0.1, -0.05) is 0 Å². The molecule has 39 heavy (non-hydrogen) atoms. The summed E-state index contributed by atoms with van der Waals surface area (Å²) >= 11 is 0. The highest BCUT2D eigenvalue weighted by Crippen LogP contribution is 2.30. The number of anilines is 3.